The first-order chi connectivity index (χ1) is 8.51. The van der Waals surface area contributed by atoms with E-state index in [9.17, 15) is 0 Å². The number of benzene rings is 1. The molecule has 1 aromatic carbocycles. The molecule has 0 radical (unpaired) electrons. The summed E-state index contributed by atoms with van der Waals surface area (Å²) >= 11 is 3.46. The third-order valence-electron chi connectivity index (χ3n) is 1.97. The number of rotatable bonds is 3. The lowest BCUT2D eigenvalue weighted by Crippen LogP contribution is -2.35. The molecule has 0 aliphatic rings. The van der Waals surface area contributed by atoms with Crippen LogP contribution in [0.3, 0.4) is 0 Å². The molecule has 1 N–H and O–H groups in total. The van der Waals surface area contributed by atoms with Crippen LogP contribution in [0, 0.1) is 0 Å². The minimum atomic E-state index is 0.185. The fourth-order valence-electron chi connectivity index (χ4n) is 1.19. The fourth-order valence-corrected chi connectivity index (χ4v) is 1.54. The highest BCUT2D eigenvalue weighted by Gasteiger charge is 2.07. The second kappa shape index (κ2) is 11.7. The molecule has 0 bridgehead atoms. The molecule has 1 rings (SSSR count). The molecule has 0 aromatic heterocycles. The van der Waals surface area contributed by atoms with E-state index in [0.717, 1.165) is 11.9 Å². The van der Waals surface area contributed by atoms with E-state index in [1.165, 1.54) is 11.1 Å². The van der Waals surface area contributed by atoms with Gasteiger partial charge in [-0.2, -0.15) is 0 Å². The Bertz CT molecular complexity index is 289. The molecule has 18 heavy (non-hydrogen) atoms. The van der Waals surface area contributed by atoms with E-state index in [0.29, 0.717) is 0 Å². The molecule has 0 aliphatic carbocycles. The number of alkyl halides is 1. The normalized spacial score (nSPS) is 9.78. The van der Waals surface area contributed by atoms with Crippen molar-refractivity contribution in [2.75, 3.05) is 0 Å². The maximum atomic E-state index is 3.47. The van der Waals surface area contributed by atoms with E-state index in [1.807, 2.05) is 27.7 Å². The summed E-state index contributed by atoms with van der Waals surface area (Å²) in [5.41, 5.74) is 2.86. The summed E-state index contributed by atoms with van der Waals surface area (Å²) in [7, 11) is 0. The zero-order valence-corrected chi connectivity index (χ0v) is 14.7. The summed E-state index contributed by atoms with van der Waals surface area (Å²) in [6.07, 6.45) is 0. The largest absolute Gasteiger partial charge is 0.308 e. The molecule has 1 aromatic rings. The van der Waals surface area contributed by atoms with Gasteiger partial charge in [-0.25, -0.2) is 0 Å². The topological polar surface area (TPSA) is 12.0 Å². The monoisotopic (exact) mass is 315 g/mol. The van der Waals surface area contributed by atoms with Crippen LogP contribution in [0.15, 0.2) is 24.3 Å². The minimum absolute atomic E-state index is 0.185. The molecule has 0 unspecified atom stereocenters. The number of hydrogen-bond acceptors (Lipinski definition) is 1. The van der Waals surface area contributed by atoms with Crippen molar-refractivity contribution in [1.29, 1.82) is 0 Å². The molecule has 0 atom stereocenters. The van der Waals surface area contributed by atoms with Gasteiger partial charge in [-0.05, 0) is 31.9 Å². The average molecular weight is 316 g/mol. The van der Waals surface area contributed by atoms with Crippen LogP contribution in [0.2, 0.25) is 0 Å². The summed E-state index contributed by atoms with van der Waals surface area (Å²) in [6.45, 7) is 15.5. The quantitative estimate of drug-likeness (QED) is 0.724. The Kier molecular flexibility index (Phi) is 13.0. The van der Waals surface area contributed by atoms with Gasteiger partial charge >= 0.3 is 0 Å². The third kappa shape index (κ3) is 10.8. The average Bonchev–Trinajstić information content (AvgIpc) is 2.40. The van der Waals surface area contributed by atoms with Gasteiger partial charge in [-0.15, -0.1) is 0 Å². The smallest absolute Gasteiger partial charge is 0.0283 e. The molecule has 0 saturated heterocycles. The van der Waals surface area contributed by atoms with E-state index in [1.54, 1.807) is 0 Å². The van der Waals surface area contributed by atoms with E-state index in [2.05, 4.69) is 66.3 Å². The van der Waals surface area contributed by atoms with Crippen LogP contribution in [-0.2, 0) is 11.9 Å². The molecule has 0 heterocycles. The lowest BCUT2D eigenvalue weighted by Gasteiger charge is -2.20. The van der Waals surface area contributed by atoms with Crippen LogP contribution < -0.4 is 5.32 Å². The Morgan fingerprint density at radius 2 is 1.50 bits per heavy atom. The summed E-state index contributed by atoms with van der Waals surface area (Å²) in [6, 6.07) is 8.63. The van der Waals surface area contributed by atoms with Crippen molar-refractivity contribution in [3.05, 3.63) is 35.4 Å². The van der Waals surface area contributed by atoms with E-state index >= 15 is 0 Å². The summed E-state index contributed by atoms with van der Waals surface area (Å²) in [5, 5.41) is 4.40. The summed E-state index contributed by atoms with van der Waals surface area (Å²) in [5.74, 6) is 0. The van der Waals surface area contributed by atoms with Gasteiger partial charge in [0, 0.05) is 17.4 Å². The number of halogens is 1. The third-order valence-corrected chi connectivity index (χ3v) is 2.62. The van der Waals surface area contributed by atoms with Crippen molar-refractivity contribution in [1.82, 2.24) is 5.32 Å². The second-order valence-corrected chi connectivity index (χ2v) is 5.12. The molecule has 106 valence electrons. The van der Waals surface area contributed by atoms with Gasteiger partial charge in [-0.3, -0.25) is 0 Å². The van der Waals surface area contributed by atoms with E-state index < -0.39 is 0 Å². The maximum Gasteiger partial charge on any atom is 0.0283 e. The number of nitrogens with one attached hydrogen (secondary N) is 1. The van der Waals surface area contributed by atoms with Gasteiger partial charge in [0.2, 0.25) is 0 Å². The first-order valence-corrected chi connectivity index (χ1v) is 8.02. The minimum Gasteiger partial charge on any atom is -0.308 e. The van der Waals surface area contributed by atoms with Gasteiger partial charge in [-0.1, -0.05) is 67.9 Å². The highest BCUT2D eigenvalue weighted by atomic mass is 79.9. The fraction of sp³-hybridized carbons (Fsp3) is 0.625. The first-order valence-electron chi connectivity index (χ1n) is 6.90. The SMILES string of the molecule is CC.CC.CC(C)(C)NCc1cccc(CBr)c1. The highest BCUT2D eigenvalue weighted by Crippen LogP contribution is 2.10. The van der Waals surface area contributed by atoms with E-state index in [-0.39, 0.29) is 5.54 Å². The Morgan fingerprint density at radius 1 is 1.00 bits per heavy atom. The Balaban J connectivity index is 0. The van der Waals surface area contributed by atoms with Gasteiger partial charge in [0.1, 0.15) is 0 Å². The molecular weight excluding hydrogens is 286 g/mol. The molecule has 0 spiro atoms. The van der Waals surface area contributed by atoms with Crippen LogP contribution >= 0.6 is 15.9 Å². The Labute approximate surface area is 123 Å². The predicted octanol–water partition coefficient (Wildman–Crippen LogP) is 5.52. The zero-order valence-electron chi connectivity index (χ0n) is 13.1. The van der Waals surface area contributed by atoms with Crippen molar-refractivity contribution in [3.63, 3.8) is 0 Å². The van der Waals surface area contributed by atoms with Crippen LogP contribution in [0.25, 0.3) is 0 Å². The zero-order chi connectivity index (χ0) is 14.6. The molecule has 0 fully saturated rings. The Hall–Kier alpha value is -0.340. The highest BCUT2D eigenvalue weighted by molar-refractivity contribution is 9.08. The van der Waals surface area contributed by atoms with Crippen LogP contribution in [-0.4, -0.2) is 5.54 Å². The summed E-state index contributed by atoms with van der Waals surface area (Å²) in [4.78, 5) is 0. The molecule has 1 nitrogen and oxygen atoms in total. The van der Waals surface area contributed by atoms with Gasteiger partial charge < -0.3 is 5.32 Å². The lowest BCUT2D eigenvalue weighted by atomic mass is 10.1. The lowest BCUT2D eigenvalue weighted by molar-refractivity contribution is 0.424. The maximum absolute atomic E-state index is 3.47. The van der Waals surface area contributed by atoms with Crippen molar-refractivity contribution in [2.45, 2.75) is 65.9 Å². The Morgan fingerprint density at radius 3 is 1.94 bits per heavy atom. The van der Waals surface area contributed by atoms with Gasteiger partial charge in [0.15, 0.2) is 0 Å². The molecule has 2 heteroatoms. The van der Waals surface area contributed by atoms with Crippen molar-refractivity contribution >= 4 is 15.9 Å². The predicted molar refractivity (Wildman–Crippen MR) is 88.4 cm³/mol. The molecule has 0 aliphatic heterocycles. The van der Waals surface area contributed by atoms with Crippen molar-refractivity contribution in [3.8, 4) is 0 Å². The second-order valence-electron chi connectivity index (χ2n) is 4.56. The van der Waals surface area contributed by atoms with Crippen molar-refractivity contribution < 1.29 is 0 Å². The van der Waals surface area contributed by atoms with Crippen LogP contribution in [0.5, 0.6) is 0 Å². The molecule has 0 saturated carbocycles. The standard InChI is InChI=1S/C12H18BrN.2C2H6/c1-12(2,3)14-9-11-6-4-5-10(7-11)8-13;2*1-2/h4-7,14H,8-9H2,1-3H3;2*1-2H3. The first kappa shape index (κ1) is 20.0. The van der Waals surface area contributed by atoms with Gasteiger partial charge in [0.25, 0.3) is 0 Å². The summed E-state index contributed by atoms with van der Waals surface area (Å²) < 4.78 is 0. The molecule has 0 amide bonds. The van der Waals surface area contributed by atoms with Crippen LogP contribution in [0.4, 0.5) is 0 Å². The van der Waals surface area contributed by atoms with Crippen LogP contribution in [0.1, 0.15) is 59.6 Å². The molecular formula is C16H30BrN. The van der Waals surface area contributed by atoms with Crippen molar-refractivity contribution in [2.24, 2.45) is 0 Å². The van der Waals surface area contributed by atoms with E-state index in [4.69, 9.17) is 0 Å². The number of hydrogen-bond donors (Lipinski definition) is 1. The van der Waals surface area contributed by atoms with Gasteiger partial charge in [0.05, 0.1) is 0 Å².